The van der Waals surface area contributed by atoms with E-state index < -0.39 is 41.9 Å². The third-order valence-electron chi connectivity index (χ3n) is 7.41. The Bertz CT molecular complexity index is 699. The van der Waals surface area contributed by atoms with E-state index in [2.05, 4.69) is 0 Å². The fraction of sp³-hybridized carbons (Fsp3) is 0.808. The first-order valence-corrected chi connectivity index (χ1v) is 12.3. The summed E-state index contributed by atoms with van der Waals surface area (Å²) < 4.78 is 23.2. The van der Waals surface area contributed by atoms with E-state index in [4.69, 9.17) is 18.9 Å². The number of rotatable bonds is 6. The second-order valence-corrected chi connectivity index (χ2v) is 10.1. The number of hydrogen-bond acceptors (Lipinski definition) is 8. The van der Waals surface area contributed by atoms with Crippen LogP contribution in [-0.4, -0.2) is 84.8 Å². The van der Waals surface area contributed by atoms with Gasteiger partial charge < -0.3 is 34.3 Å². The molecule has 2 heterocycles. The molecule has 1 saturated heterocycles. The summed E-state index contributed by atoms with van der Waals surface area (Å²) in [4.78, 5) is 13.0. The molecule has 0 aromatic carbocycles. The van der Waals surface area contributed by atoms with Gasteiger partial charge in [0.1, 0.15) is 6.10 Å². The third kappa shape index (κ3) is 7.35. The molecule has 8 atom stereocenters. The zero-order valence-electron chi connectivity index (χ0n) is 21.5. The van der Waals surface area contributed by atoms with Crippen molar-refractivity contribution in [2.24, 2.45) is 11.3 Å². The lowest BCUT2D eigenvalue weighted by Crippen LogP contribution is -2.48. The number of aliphatic hydroxyl groups is 3. The van der Waals surface area contributed by atoms with Crippen LogP contribution >= 0.6 is 0 Å². The summed E-state index contributed by atoms with van der Waals surface area (Å²) in [6, 6.07) is 0. The van der Waals surface area contributed by atoms with Crippen LogP contribution in [-0.2, 0) is 23.7 Å². The van der Waals surface area contributed by atoms with E-state index >= 15 is 0 Å². The number of esters is 1. The van der Waals surface area contributed by atoms with Gasteiger partial charge in [-0.15, -0.1) is 0 Å². The van der Waals surface area contributed by atoms with Crippen LogP contribution in [0.1, 0.15) is 59.8 Å². The molecule has 0 radical (unpaired) electrons. The van der Waals surface area contributed by atoms with Crippen molar-refractivity contribution in [1.29, 1.82) is 0 Å². The number of aliphatic hydroxyl groups excluding tert-OH is 3. The molecule has 0 aliphatic carbocycles. The Labute approximate surface area is 203 Å². The molecule has 2 aliphatic heterocycles. The molecule has 0 aromatic heterocycles. The van der Waals surface area contributed by atoms with E-state index in [1.165, 1.54) is 7.11 Å². The highest BCUT2D eigenvalue weighted by atomic mass is 16.6. The first-order chi connectivity index (χ1) is 16.1. The van der Waals surface area contributed by atoms with Crippen LogP contribution in [0.25, 0.3) is 0 Å². The molecule has 0 saturated carbocycles. The van der Waals surface area contributed by atoms with Crippen LogP contribution in [0.3, 0.4) is 0 Å². The minimum absolute atomic E-state index is 0.0141. The lowest BCUT2D eigenvalue weighted by Gasteiger charge is -2.42. The summed E-state index contributed by atoms with van der Waals surface area (Å²) in [7, 11) is 3.01. The molecular formula is C26H44O8. The highest BCUT2D eigenvalue weighted by Gasteiger charge is 2.42. The Kier molecular flexibility index (Phi) is 11.2. The monoisotopic (exact) mass is 484 g/mol. The molecular weight excluding hydrogens is 440 g/mol. The maximum Gasteiger partial charge on any atom is 0.338 e. The number of methoxy groups -OCH3 is 2. The maximum absolute atomic E-state index is 13.0. The van der Waals surface area contributed by atoms with Gasteiger partial charge in [-0.2, -0.15) is 0 Å². The van der Waals surface area contributed by atoms with Crippen molar-refractivity contribution >= 4 is 5.97 Å². The Morgan fingerprint density at radius 3 is 2.53 bits per heavy atom. The van der Waals surface area contributed by atoms with Crippen molar-refractivity contribution in [3.05, 3.63) is 23.8 Å². The number of carbonyl (C=O) groups excluding carboxylic acids is 1. The van der Waals surface area contributed by atoms with Crippen molar-refractivity contribution in [3.8, 4) is 0 Å². The largest absolute Gasteiger partial charge is 0.456 e. The Hall–Kier alpha value is -1.29. The molecule has 0 amide bonds. The quantitative estimate of drug-likeness (QED) is 0.389. The van der Waals surface area contributed by atoms with E-state index in [0.29, 0.717) is 19.3 Å². The molecule has 2 rings (SSSR count). The zero-order chi connectivity index (χ0) is 25.5. The number of cyclic esters (lactones) is 1. The van der Waals surface area contributed by atoms with Crippen molar-refractivity contribution < 1.29 is 39.1 Å². The fourth-order valence-corrected chi connectivity index (χ4v) is 4.62. The first-order valence-electron chi connectivity index (χ1n) is 12.3. The molecule has 8 nitrogen and oxygen atoms in total. The van der Waals surface area contributed by atoms with E-state index in [0.717, 1.165) is 12.0 Å². The molecule has 196 valence electrons. The minimum Gasteiger partial charge on any atom is -0.456 e. The van der Waals surface area contributed by atoms with Gasteiger partial charge >= 0.3 is 5.97 Å². The van der Waals surface area contributed by atoms with Crippen molar-refractivity contribution in [2.75, 3.05) is 20.8 Å². The second kappa shape index (κ2) is 13.1. The molecule has 2 aliphatic rings. The topological polar surface area (TPSA) is 115 Å². The van der Waals surface area contributed by atoms with Crippen LogP contribution in [0, 0.1) is 11.3 Å². The smallest absolute Gasteiger partial charge is 0.338 e. The predicted molar refractivity (Wildman–Crippen MR) is 128 cm³/mol. The van der Waals surface area contributed by atoms with E-state index in [1.807, 2.05) is 45.9 Å². The molecule has 3 N–H and O–H groups in total. The standard InChI is InChI=1S/C26H44O8/c1-7-17(15-27)11-16(2)20-13-19(31-5)14-22(28)26(3,4)23-10-8-9-18(33-23)12-21(32-6)24(29)25(30)34-20/h8-9,11,17-24,27-29H,7,10,12-15H2,1-6H3/b16-11-/t17-,18+,19-,20?,21-,22+,23+,24+/m1/s1. The van der Waals surface area contributed by atoms with E-state index in [1.54, 1.807) is 7.11 Å². The molecule has 8 heteroatoms. The Balaban J connectivity index is 2.42. The number of fused-ring (bicyclic) bond motifs is 2. The maximum atomic E-state index is 13.0. The minimum atomic E-state index is -1.49. The van der Waals surface area contributed by atoms with Gasteiger partial charge in [-0.05, 0) is 25.3 Å². The third-order valence-corrected chi connectivity index (χ3v) is 7.41. The zero-order valence-corrected chi connectivity index (χ0v) is 21.5. The van der Waals surface area contributed by atoms with Gasteiger partial charge in [-0.25, -0.2) is 4.79 Å². The van der Waals surface area contributed by atoms with Gasteiger partial charge in [0.15, 0.2) is 6.10 Å². The highest BCUT2D eigenvalue weighted by molar-refractivity contribution is 5.75. The molecule has 1 fully saturated rings. The molecule has 2 bridgehead atoms. The summed E-state index contributed by atoms with van der Waals surface area (Å²) in [5.74, 6) is -0.858. The van der Waals surface area contributed by atoms with Gasteiger partial charge in [-0.3, -0.25) is 0 Å². The normalized spacial score (nSPS) is 36.4. The SMILES string of the molecule is CC[C@H](/C=C(/C)C1C[C@@H](OC)C[C@H](O)C(C)(C)[C@@H]2CC=C[C@@H](C[C@@H](OC)[C@H](O)C(=O)O1)O2)CO. The second-order valence-electron chi connectivity index (χ2n) is 10.1. The first kappa shape index (κ1) is 28.9. The van der Waals surface area contributed by atoms with Crippen molar-refractivity contribution in [1.82, 2.24) is 0 Å². The van der Waals surface area contributed by atoms with E-state index in [-0.39, 0.29) is 31.2 Å². The Morgan fingerprint density at radius 1 is 1.24 bits per heavy atom. The average molecular weight is 485 g/mol. The van der Waals surface area contributed by atoms with Crippen LogP contribution in [0.4, 0.5) is 0 Å². The van der Waals surface area contributed by atoms with Crippen molar-refractivity contribution in [2.45, 2.75) is 103 Å². The van der Waals surface area contributed by atoms with Gasteiger partial charge in [-0.1, -0.05) is 39.0 Å². The lowest BCUT2D eigenvalue weighted by atomic mass is 9.76. The van der Waals surface area contributed by atoms with E-state index in [9.17, 15) is 20.1 Å². The van der Waals surface area contributed by atoms with Crippen LogP contribution in [0.5, 0.6) is 0 Å². The molecule has 1 unspecified atom stereocenters. The number of carbonyl (C=O) groups is 1. The molecule has 0 aromatic rings. The lowest BCUT2D eigenvalue weighted by molar-refractivity contribution is -0.172. The van der Waals surface area contributed by atoms with Crippen LogP contribution in [0.2, 0.25) is 0 Å². The number of hydrogen-bond donors (Lipinski definition) is 3. The average Bonchev–Trinajstić information content (AvgIpc) is 2.83. The van der Waals surface area contributed by atoms with Gasteiger partial charge in [0.2, 0.25) is 0 Å². The fourth-order valence-electron chi connectivity index (χ4n) is 4.62. The van der Waals surface area contributed by atoms with Crippen molar-refractivity contribution in [3.63, 3.8) is 0 Å². The summed E-state index contributed by atoms with van der Waals surface area (Å²) in [6.07, 6.45) is 3.40. The summed E-state index contributed by atoms with van der Waals surface area (Å²) in [6.45, 7) is 7.77. The van der Waals surface area contributed by atoms with Gasteiger partial charge in [0, 0.05) is 51.4 Å². The Morgan fingerprint density at radius 2 is 1.94 bits per heavy atom. The van der Waals surface area contributed by atoms with Crippen LogP contribution in [0.15, 0.2) is 23.8 Å². The van der Waals surface area contributed by atoms with Gasteiger partial charge in [0.25, 0.3) is 0 Å². The van der Waals surface area contributed by atoms with Gasteiger partial charge in [0.05, 0.1) is 30.5 Å². The highest BCUT2D eigenvalue weighted by Crippen LogP contribution is 2.37. The summed E-state index contributed by atoms with van der Waals surface area (Å²) in [5, 5.41) is 31.6. The van der Waals surface area contributed by atoms with Crippen LogP contribution < -0.4 is 0 Å². The predicted octanol–water partition coefficient (Wildman–Crippen LogP) is 2.54. The molecule has 34 heavy (non-hydrogen) atoms. The number of ether oxygens (including phenoxy) is 4. The summed E-state index contributed by atoms with van der Waals surface area (Å²) >= 11 is 0. The molecule has 0 spiro atoms. The summed E-state index contributed by atoms with van der Waals surface area (Å²) in [5.41, 5.74) is 0.202.